The lowest BCUT2D eigenvalue weighted by Gasteiger charge is -2.06. The maximum atomic E-state index is 11.0. The molecular weight excluding hydrogens is 200 g/mol. The average Bonchev–Trinajstić information content (AvgIpc) is 2.20. The van der Waals surface area contributed by atoms with Crippen LogP contribution in [0.2, 0.25) is 0 Å². The Morgan fingerprint density at radius 3 is 2.79 bits per heavy atom. The van der Waals surface area contributed by atoms with E-state index < -0.39 is 0 Å². The number of nitrogens with zero attached hydrogens (tertiary/aromatic N) is 1. The van der Waals surface area contributed by atoms with Gasteiger partial charge in [-0.3, -0.25) is 4.79 Å². The van der Waals surface area contributed by atoms with Gasteiger partial charge >= 0.3 is 0 Å². The molecule has 0 heterocycles. The van der Waals surface area contributed by atoms with Gasteiger partial charge in [-0.15, -0.1) is 4.91 Å². The lowest BCUT2D eigenvalue weighted by Crippen LogP contribution is -2.13. The van der Waals surface area contributed by atoms with Crippen LogP contribution < -0.4 is 5.32 Å². The second kappa shape index (κ2) is 4.76. The molecule has 1 aromatic rings. The number of anilines is 1. The molecule has 0 saturated carbocycles. The molecule has 0 saturated heterocycles. The van der Waals surface area contributed by atoms with Crippen LogP contribution in [0.1, 0.15) is 5.56 Å². The summed E-state index contributed by atoms with van der Waals surface area (Å²) in [7, 11) is 0. The molecule has 74 valence electrons. The zero-order valence-corrected chi connectivity index (χ0v) is 8.54. The number of hydrogen-bond acceptors (Lipinski definition) is 4. The topological polar surface area (TPSA) is 58.5 Å². The number of amides is 1. The van der Waals surface area contributed by atoms with E-state index in [2.05, 4.69) is 23.1 Å². The van der Waals surface area contributed by atoms with Gasteiger partial charge in [-0.2, -0.15) is 12.6 Å². The van der Waals surface area contributed by atoms with Crippen molar-refractivity contribution in [3.05, 3.63) is 28.7 Å². The Morgan fingerprint density at radius 1 is 1.57 bits per heavy atom. The first-order chi connectivity index (χ1) is 6.67. The van der Waals surface area contributed by atoms with Crippen LogP contribution in [0.4, 0.5) is 11.4 Å². The van der Waals surface area contributed by atoms with E-state index in [9.17, 15) is 9.70 Å². The summed E-state index contributed by atoms with van der Waals surface area (Å²) in [6, 6.07) is 4.81. The van der Waals surface area contributed by atoms with E-state index in [4.69, 9.17) is 0 Å². The molecule has 0 unspecified atom stereocenters. The van der Waals surface area contributed by atoms with Gasteiger partial charge in [0.05, 0.1) is 5.75 Å². The third-order valence-corrected chi connectivity index (χ3v) is 2.02. The summed E-state index contributed by atoms with van der Waals surface area (Å²) in [5, 5.41) is 5.45. The molecular formula is C9H10N2O2S. The first kappa shape index (κ1) is 10.7. The second-order valence-corrected chi connectivity index (χ2v) is 3.11. The smallest absolute Gasteiger partial charge is 0.234 e. The number of carbonyl (C=O) groups excluding carboxylic acids is 1. The van der Waals surface area contributed by atoms with Crippen molar-refractivity contribution in [1.29, 1.82) is 0 Å². The Morgan fingerprint density at radius 2 is 2.29 bits per heavy atom. The fraction of sp³-hybridized carbons (Fsp3) is 0.222. The summed E-state index contributed by atoms with van der Waals surface area (Å²) in [5.74, 6) is -0.0455. The summed E-state index contributed by atoms with van der Waals surface area (Å²) in [6.45, 7) is 1.79. The van der Waals surface area contributed by atoms with Crippen molar-refractivity contribution in [3.8, 4) is 0 Å². The molecule has 0 radical (unpaired) electrons. The van der Waals surface area contributed by atoms with Crippen molar-refractivity contribution in [2.45, 2.75) is 6.92 Å². The van der Waals surface area contributed by atoms with Gasteiger partial charge in [0.25, 0.3) is 0 Å². The predicted octanol–water partition coefficient (Wildman–Crippen LogP) is 2.26. The first-order valence-electron chi connectivity index (χ1n) is 4.02. The monoisotopic (exact) mass is 210 g/mol. The number of nitroso groups, excluding NO2 is 1. The Labute approximate surface area is 87.1 Å². The Hall–Kier alpha value is -1.36. The molecule has 0 aliphatic heterocycles. The van der Waals surface area contributed by atoms with Crippen LogP contribution in [0.3, 0.4) is 0 Å². The summed E-state index contributed by atoms with van der Waals surface area (Å²) in [6.07, 6.45) is 0. The van der Waals surface area contributed by atoms with Crippen LogP contribution in [0.5, 0.6) is 0 Å². The third kappa shape index (κ3) is 2.56. The van der Waals surface area contributed by atoms with Crippen molar-refractivity contribution in [1.82, 2.24) is 0 Å². The number of aryl methyl sites for hydroxylation is 1. The summed E-state index contributed by atoms with van der Waals surface area (Å²) in [5.41, 5.74) is 1.83. The molecule has 0 aromatic heterocycles. The lowest BCUT2D eigenvalue weighted by molar-refractivity contribution is -0.113. The van der Waals surface area contributed by atoms with E-state index in [1.165, 1.54) is 0 Å². The number of thiol groups is 1. The zero-order valence-electron chi connectivity index (χ0n) is 7.65. The second-order valence-electron chi connectivity index (χ2n) is 2.80. The van der Waals surface area contributed by atoms with Gasteiger partial charge < -0.3 is 5.32 Å². The molecule has 0 aliphatic carbocycles. The highest BCUT2D eigenvalue weighted by molar-refractivity contribution is 7.81. The van der Waals surface area contributed by atoms with Crippen LogP contribution in [0, 0.1) is 11.8 Å². The van der Waals surface area contributed by atoms with Gasteiger partial charge in [0.1, 0.15) is 5.69 Å². The first-order valence-corrected chi connectivity index (χ1v) is 4.65. The summed E-state index contributed by atoms with van der Waals surface area (Å²) < 4.78 is 0. The molecule has 0 fully saturated rings. The largest absolute Gasteiger partial charge is 0.325 e. The maximum absolute atomic E-state index is 11.0. The van der Waals surface area contributed by atoms with Crippen molar-refractivity contribution >= 4 is 29.9 Å². The van der Waals surface area contributed by atoms with E-state index in [0.717, 1.165) is 5.56 Å². The zero-order chi connectivity index (χ0) is 10.6. The fourth-order valence-electron chi connectivity index (χ4n) is 1.03. The molecule has 4 nitrogen and oxygen atoms in total. The molecule has 1 N–H and O–H groups in total. The fourth-order valence-corrected chi connectivity index (χ4v) is 1.11. The van der Waals surface area contributed by atoms with E-state index in [-0.39, 0.29) is 11.7 Å². The molecule has 5 heteroatoms. The number of benzene rings is 1. The number of hydrogen-bond donors (Lipinski definition) is 2. The molecule has 0 bridgehead atoms. The van der Waals surface area contributed by atoms with Crippen molar-refractivity contribution < 1.29 is 4.79 Å². The third-order valence-electron chi connectivity index (χ3n) is 1.73. The van der Waals surface area contributed by atoms with Gasteiger partial charge in [-0.25, -0.2) is 0 Å². The minimum atomic E-state index is -0.178. The van der Waals surface area contributed by atoms with E-state index >= 15 is 0 Å². The molecule has 0 aliphatic rings. The van der Waals surface area contributed by atoms with Gasteiger partial charge in [0.2, 0.25) is 5.91 Å². The maximum Gasteiger partial charge on any atom is 0.234 e. The summed E-state index contributed by atoms with van der Waals surface area (Å²) in [4.78, 5) is 21.2. The molecule has 1 aromatic carbocycles. The van der Waals surface area contributed by atoms with Gasteiger partial charge in [-0.05, 0) is 35.9 Å². The van der Waals surface area contributed by atoms with E-state index in [0.29, 0.717) is 11.4 Å². The van der Waals surface area contributed by atoms with Crippen LogP contribution in [0.25, 0.3) is 0 Å². The van der Waals surface area contributed by atoms with Gasteiger partial charge in [-0.1, -0.05) is 0 Å². The van der Waals surface area contributed by atoms with Crippen LogP contribution >= 0.6 is 12.6 Å². The highest BCUT2D eigenvalue weighted by Gasteiger charge is 2.03. The number of carbonyl (C=O) groups is 1. The van der Waals surface area contributed by atoms with Crippen LogP contribution in [-0.2, 0) is 4.79 Å². The highest BCUT2D eigenvalue weighted by atomic mass is 32.1. The average molecular weight is 210 g/mol. The highest BCUT2D eigenvalue weighted by Crippen LogP contribution is 2.21. The predicted molar refractivity (Wildman–Crippen MR) is 59.1 cm³/mol. The number of nitrogens with one attached hydrogen (secondary N) is 1. The standard InChI is InChI=1S/C9H10N2O2S/c1-6-4-7(11-13)2-3-8(6)10-9(12)5-14/h2-4,14H,5H2,1H3,(H,10,12). The van der Waals surface area contributed by atoms with Crippen LogP contribution in [-0.4, -0.2) is 11.7 Å². The SMILES string of the molecule is Cc1cc(N=O)ccc1NC(=O)CS. The van der Waals surface area contributed by atoms with Gasteiger partial charge in [0.15, 0.2) is 0 Å². The minimum absolute atomic E-state index is 0.132. The molecule has 0 atom stereocenters. The normalized spacial score (nSPS) is 9.57. The lowest BCUT2D eigenvalue weighted by atomic mass is 10.2. The Balaban J connectivity index is 2.89. The minimum Gasteiger partial charge on any atom is -0.325 e. The van der Waals surface area contributed by atoms with Crippen molar-refractivity contribution in [2.24, 2.45) is 5.18 Å². The van der Waals surface area contributed by atoms with Crippen LogP contribution in [0.15, 0.2) is 23.4 Å². The molecule has 1 rings (SSSR count). The van der Waals surface area contributed by atoms with Crippen molar-refractivity contribution in [3.63, 3.8) is 0 Å². The van der Waals surface area contributed by atoms with Crippen molar-refractivity contribution in [2.75, 3.05) is 11.1 Å². The molecule has 1 amide bonds. The molecule has 0 spiro atoms. The molecule has 14 heavy (non-hydrogen) atoms. The van der Waals surface area contributed by atoms with E-state index in [1.807, 2.05) is 0 Å². The van der Waals surface area contributed by atoms with Gasteiger partial charge in [0, 0.05) is 5.69 Å². The quantitative estimate of drug-likeness (QED) is 0.594. The Bertz CT molecular complexity index is 366. The summed E-state index contributed by atoms with van der Waals surface area (Å²) >= 11 is 3.84. The number of rotatable bonds is 3. The Kier molecular flexibility index (Phi) is 3.64. The van der Waals surface area contributed by atoms with E-state index in [1.54, 1.807) is 25.1 Å².